The summed E-state index contributed by atoms with van der Waals surface area (Å²) in [6.45, 7) is 3.74. The third kappa shape index (κ3) is 13.5. The highest BCUT2D eigenvalue weighted by Crippen LogP contribution is 2.34. The lowest BCUT2D eigenvalue weighted by molar-refractivity contribution is -0.137. The van der Waals surface area contributed by atoms with Gasteiger partial charge in [0.2, 0.25) is 35.4 Å². The number of aldehydes is 1. The zero-order chi connectivity index (χ0) is 46.1. The van der Waals surface area contributed by atoms with Gasteiger partial charge in [0.25, 0.3) is 5.91 Å². The predicted octanol–water partition coefficient (Wildman–Crippen LogP) is 5.17. The number of hydrogen-bond acceptors (Lipinski definition) is 10. The Morgan fingerprint density at radius 3 is 2.15 bits per heavy atom. The number of unbranched alkanes of at least 4 members (excludes halogenated alkanes) is 2. The lowest BCUT2D eigenvalue weighted by atomic mass is 9.98. The van der Waals surface area contributed by atoms with Gasteiger partial charge >= 0.3 is 0 Å². The van der Waals surface area contributed by atoms with Crippen LogP contribution in [-0.2, 0) is 46.6 Å². The fourth-order valence-electron chi connectivity index (χ4n) is 7.91. The Morgan fingerprint density at radius 2 is 1.48 bits per heavy atom. The first-order valence-electron chi connectivity index (χ1n) is 22.1. The van der Waals surface area contributed by atoms with Gasteiger partial charge in [0, 0.05) is 67.8 Å². The van der Waals surface area contributed by atoms with E-state index in [1.54, 1.807) is 18.2 Å². The summed E-state index contributed by atoms with van der Waals surface area (Å²) < 4.78 is 6.18. The summed E-state index contributed by atoms with van der Waals surface area (Å²) in [6.07, 6.45) is 3.61. The number of amides is 6. The van der Waals surface area contributed by atoms with Crippen LogP contribution >= 0.6 is 0 Å². The second-order valence-corrected chi connectivity index (χ2v) is 16.4. The minimum absolute atomic E-state index is 0.0939. The summed E-state index contributed by atoms with van der Waals surface area (Å²) in [5.74, 6) is -1.17. The summed E-state index contributed by atoms with van der Waals surface area (Å²) in [5.41, 5.74) is 5.49. The number of piperidine rings is 1. The molecule has 0 saturated carbocycles. The SMILES string of the molecule is CN(CC(=O)NCCCCC(=O)NCCCCC(=O)Nc1cccc2c1CN(C1CCC(=O)NC1=O)C2=O)Cc1ccccc1C1OC(c2ccccc2)=NC1C=O.Cc1ccccc1. The van der Waals surface area contributed by atoms with Crippen molar-refractivity contribution in [3.63, 3.8) is 0 Å². The molecule has 3 aliphatic heterocycles. The number of nitrogens with one attached hydrogen (secondary N) is 4. The number of ether oxygens (including phenoxy) is 1. The van der Waals surface area contributed by atoms with Gasteiger partial charge in [-0.3, -0.25) is 39.0 Å². The molecule has 3 unspecified atom stereocenters. The van der Waals surface area contributed by atoms with Gasteiger partial charge in [-0.1, -0.05) is 84.4 Å². The third-order valence-corrected chi connectivity index (χ3v) is 11.3. The second-order valence-electron chi connectivity index (χ2n) is 16.4. The normalized spacial score (nSPS) is 17.5. The predicted molar refractivity (Wildman–Crippen MR) is 245 cm³/mol. The molecule has 4 aromatic carbocycles. The molecule has 1 saturated heterocycles. The average Bonchev–Trinajstić information content (AvgIpc) is 3.88. The minimum atomic E-state index is -0.735. The molecule has 7 rings (SSSR count). The van der Waals surface area contributed by atoms with E-state index in [1.165, 1.54) is 10.5 Å². The Morgan fingerprint density at radius 1 is 0.815 bits per heavy atom. The van der Waals surface area contributed by atoms with E-state index in [2.05, 4.69) is 45.3 Å². The van der Waals surface area contributed by atoms with Gasteiger partial charge in [-0.25, -0.2) is 4.99 Å². The highest BCUT2D eigenvalue weighted by atomic mass is 16.5. The molecule has 0 aromatic heterocycles. The van der Waals surface area contributed by atoms with Gasteiger partial charge in [0.05, 0.1) is 6.54 Å². The summed E-state index contributed by atoms with van der Waals surface area (Å²) in [5, 5.41) is 11.0. The number of rotatable bonds is 19. The molecule has 340 valence electrons. The van der Waals surface area contributed by atoms with E-state index < -0.39 is 24.1 Å². The van der Waals surface area contributed by atoms with Crippen molar-refractivity contribution in [3.8, 4) is 0 Å². The first-order chi connectivity index (χ1) is 31.5. The maximum absolute atomic E-state index is 13.0. The van der Waals surface area contributed by atoms with E-state index in [4.69, 9.17) is 4.74 Å². The van der Waals surface area contributed by atoms with Gasteiger partial charge in [-0.2, -0.15) is 0 Å². The molecule has 0 bridgehead atoms. The molecular weight excluding hydrogens is 827 g/mol. The van der Waals surface area contributed by atoms with Gasteiger partial charge in [0.1, 0.15) is 12.3 Å². The smallest absolute Gasteiger partial charge is 0.255 e. The standard InChI is InChI=1S/C43H49N7O8.C7H8/c1-49(24-29-14-5-6-15-30(29)40-34(27-51)47-42(58-40)28-12-3-2-4-13-28)26-39(55)45-23-9-7-18-36(52)44-22-10-8-19-37(53)46-33-17-11-16-31-32(33)25-50(43(31)57)35-20-21-38(54)48-41(35)56;1-7-5-3-2-4-6-7/h2-6,11-17,27,34-35,40H,7-10,18-26H2,1H3,(H,44,52)(H,45,55)(H,46,53)(H,48,54,56);2-6H,1H3. The summed E-state index contributed by atoms with van der Waals surface area (Å²) in [4.78, 5) is 94.6. The fraction of sp³-hybridized carbons (Fsp3) is 0.360. The van der Waals surface area contributed by atoms with Crippen LogP contribution in [0, 0.1) is 6.92 Å². The van der Waals surface area contributed by atoms with Crippen molar-refractivity contribution in [2.45, 2.75) is 89.6 Å². The molecule has 0 radical (unpaired) electrons. The lowest BCUT2D eigenvalue weighted by Gasteiger charge is -2.29. The maximum atomic E-state index is 13.0. The van der Waals surface area contributed by atoms with Crippen molar-refractivity contribution < 1.29 is 38.3 Å². The number of carbonyl (C=O) groups is 7. The number of likely N-dealkylation sites (N-methyl/N-ethyl adjacent to an activating group) is 1. The van der Waals surface area contributed by atoms with E-state index in [1.807, 2.05) is 84.7 Å². The second kappa shape index (κ2) is 23.6. The molecular formula is C50H57N7O8. The van der Waals surface area contributed by atoms with Crippen LogP contribution in [0.25, 0.3) is 0 Å². The van der Waals surface area contributed by atoms with E-state index in [9.17, 15) is 33.6 Å². The van der Waals surface area contributed by atoms with Crippen LogP contribution in [0.5, 0.6) is 0 Å². The molecule has 6 amide bonds. The third-order valence-electron chi connectivity index (χ3n) is 11.3. The Labute approximate surface area is 379 Å². The minimum Gasteiger partial charge on any atom is -0.466 e. The molecule has 1 fully saturated rings. The molecule has 0 aliphatic carbocycles. The van der Waals surface area contributed by atoms with Crippen molar-refractivity contribution in [3.05, 3.63) is 137 Å². The Kier molecular flexibility index (Phi) is 17.3. The fourth-order valence-corrected chi connectivity index (χ4v) is 7.91. The number of imide groups is 1. The van der Waals surface area contributed by atoms with Crippen LogP contribution < -0.4 is 21.3 Å². The zero-order valence-electron chi connectivity index (χ0n) is 36.9. The lowest BCUT2D eigenvalue weighted by Crippen LogP contribution is -2.52. The van der Waals surface area contributed by atoms with Gasteiger partial charge in [-0.15, -0.1) is 0 Å². The van der Waals surface area contributed by atoms with Crippen LogP contribution in [-0.4, -0.2) is 96.2 Å². The van der Waals surface area contributed by atoms with Crippen molar-refractivity contribution >= 4 is 53.3 Å². The Bertz CT molecular complexity index is 2360. The van der Waals surface area contributed by atoms with Crippen LogP contribution in [0.15, 0.2) is 108 Å². The summed E-state index contributed by atoms with van der Waals surface area (Å²) >= 11 is 0. The average molecular weight is 884 g/mol. The van der Waals surface area contributed by atoms with Gasteiger partial charge in [-0.05, 0) is 81.5 Å². The van der Waals surface area contributed by atoms with Crippen LogP contribution in [0.1, 0.15) is 95.6 Å². The van der Waals surface area contributed by atoms with Crippen LogP contribution in [0.4, 0.5) is 5.69 Å². The number of nitrogens with zero attached hydrogens (tertiary/aromatic N) is 3. The number of fused-ring (bicyclic) bond motifs is 1. The highest BCUT2D eigenvalue weighted by molar-refractivity contribution is 6.07. The zero-order valence-corrected chi connectivity index (χ0v) is 36.9. The number of benzene rings is 4. The van der Waals surface area contributed by atoms with Crippen molar-refractivity contribution in [1.82, 2.24) is 25.8 Å². The van der Waals surface area contributed by atoms with Gasteiger partial charge in [0.15, 0.2) is 12.1 Å². The van der Waals surface area contributed by atoms with E-state index in [0.717, 1.165) is 23.0 Å². The molecule has 15 nitrogen and oxygen atoms in total. The molecule has 65 heavy (non-hydrogen) atoms. The summed E-state index contributed by atoms with van der Waals surface area (Å²) in [7, 11) is 1.85. The molecule has 0 spiro atoms. The molecule has 3 aliphatic rings. The maximum Gasteiger partial charge on any atom is 0.255 e. The molecule has 3 heterocycles. The quantitative estimate of drug-likeness (QED) is 0.0558. The van der Waals surface area contributed by atoms with Crippen LogP contribution in [0.2, 0.25) is 0 Å². The van der Waals surface area contributed by atoms with Crippen LogP contribution in [0.3, 0.4) is 0 Å². The Hall–Kier alpha value is -7.00. The van der Waals surface area contributed by atoms with E-state index in [0.29, 0.717) is 74.5 Å². The van der Waals surface area contributed by atoms with E-state index >= 15 is 0 Å². The highest BCUT2D eigenvalue weighted by Gasteiger charge is 2.40. The summed E-state index contributed by atoms with van der Waals surface area (Å²) in [6, 6.07) is 31.1. The molecule has 4 N–H and O–H groups in total. The largest absolute Gasteiger partial charge is 0.466 e. The number of anilines is 1. The number of aryl methyl sites for hydroxylation is 1. The topological polar surface area (TPSA) is 196 Å². The number of carbonyl (C=O) groups excluding carboxylic acids is 7. The van der Waals surface area contributed by atoms with E-state index in [-0.39, 0.29) is 61.9 Å². The number of hydrogen-bond donors (Lipinski definition) is 4. The van der Waals surface area contributed by atoms with Crippen molar-refractivity contribution in [2.24, 2.45) is 4.99 Å². The molecule has 3 atom stereocenters. The molecule has 15 heteroatoms. The van der Waals surface area contributed by atoms with Crippen molar-refractivity contribution in [2.75, 3.05) is 32.0 Å². The first kappa shape index (κ1) is 47.5. The first-order valence-corrected chi connectivity index (χ1v) is 22.1. The van der Waals surface area contributed by atoms with Crippen molar-refractivity contribution in [1.29, 1.82) is 0 Å². The monoisotopic (exact) mass is 883 g/mol. The molecule has 4 aromatic rings. The van der Waals surface area contributed by atoms with Gasteiger partial charge < -0.3 is 30.4 Å². The number of aliphatic imine (C=N–C) groups is 1. The Balaban J connectivity index is 0.000000912.